The molecule has 1 aromatic carbocycles. The van der Waals surface area contributed by atoms with Crippen LogP contribution >= 0.6 is 0 Å². The highest BCUT2D eigenvalue weighted by Crippen LogP contribution is 2.30. The first-order chi connectivity index (χ1) is 13.9. The van der Waals surface area contributed by atoms with Crippen molar-refractivity contribution in [3.05, 3.63) is 58.6 Å². The fourth-order valence-corrected chi connectivity index (χ4v) is 4.63. The van der Waals surface area contributed by atoms with E-state index in [4.69, 9.17) is 0 Å². The lowest BCUT2D eigenvalue weighted by molar-refractivity contribution is -0.116. The standard InChI is InChI=1S/C19H21N5O4S/c1-14(25)22-12-8-15-13-16(6-7-17(15)22)29(27,28)20-9-4-11-24-19(26)23-10-3-2-5-18(23)21-24/h2-3,5-7,10,13,20H,4,8-9,11-12H2,1H3. The number of rotatable bonds is 6. The van der Waals surface area contributed by atoms with Gasteiger partial charge in [0.2, 0.25) is 15.9 Å². The number of anilines is 1. The summed E-state index contributed by atoms with van der Waals surface area (Å²) in [5.41, 5.74) is 1.91. The predicted octanol–water partition coefficient (Wildman–Crippen LogP) is 0.774. The number of carbonyl (C=O) groups excluding carboxylic acids is 1. The second-order valence-electron chi connectivity index (χ2n) is 6.90. The summed E-state index contributed by atoms with van der Waals surface area (Å²) >= 11 is 0. The van der Waals surface area contributed by atoms with E-state index in [0.717, 1.165) is 11.3 Å². The Morgan fingerprint density at radius 1 is 1.24 bits per heavy atom. The Balaban J connectivity index is 1.40. The van der Waals surface area contributed by atoms with Crippen molar-refractivity contribution in [2.24, 2.45) is 0 Å². The second kappa shape index (κ2) is 7.45. The molecule has 1 aliphatic rings. The largest absolute Gasteiger partial charge is 0.350 e. The fourth-order valence-electron chi connectivity index (χ4n) is 3.50. The average molecular weight is 415 g/mol. The molecule has 0 atom stereocenters. The van der Waals surface area contributed by atoms with Crippen molar-refractivity contribution in [2.45, 2.75) is 31.2 Å². The SMILES string of the molecule is CC(=O)N1CCc2cc(S(=O)(=O)NCCCn3nc4ccccn4c3=O)ccc21. The van der Waals surface area contributed by atoms with E-state index in [0.29, 0.717) is 31.6 Å². The highest BCUT2D eigenvalue weighted by atomic mass is 32.2. The maximum Gasteiger partial charge on any atom is 0.350 e. The number of aryl methyl sites for hydroxylation is 1. The molecule has 0 radical (unpaired) electrons. The summed E-state index contributed by atoms with van der Waals surface area (Å²) in [6, 6.07) is 10.1. The minimum Gasteiger partial charge on any atom is -0.312 e. The molecule has 0 bridgehead atoms. The van der Waals surface area contributed by atoms with Crippen molar-refractivity contribution < 1.29 is 13.2 Å². The first kappa shape index (κ1) is 19.3. The molecule has 1 amide bonds. The molecule has 0 saturated heterocycles. The molecule has 152 valence electrons. The minimum absolute atomic E-state index is 0.0559. The van der Waals surface area contributed by atoms with Gasteiger partial charge in [-0.1, -0.05) is 6.07 Å². The van der Waals surface area contributed by atoms with Crippen LogP contribution in [0.2, 0.25) is 0 Å². The van der Waals surface area contributed by atoms with E-state index in [-0.39, 0.29) is 23.0 Å². The van der Waals surface area contributed by atoms with Crippen LogP contribution in [0.15, 0.2) is 52.3 Å². The van der Waals surface area contributed by atoms with Crippen LogP contribution in [0, 0.1) is 0 Å². The zero-order valence-electron chi connectivity index (χ0n) is 15.9. The first-order valence-electron chi connectivity index (χ1n) is 9.32. The van der Waals surface area contributed by atoms with Crippen LogP contribution in [0.25, 0.3) is 5.65 Å². The third-order valence-corrected chi connectivity index (χ3v) is 6.42. The Morgan fingerprint density at radius 3 is 2.83 bits per heavy atom. The number of pyridine rings is 1. The summed E-state index contributed by atoms with van der Waals surface area (Å²) in [7, 11) is -3.68. The third-order valence-electron chi connectivity index (χ3n) is 4.96. The van der Waals surface area contributed by atoms with Gasteiger partial charge in [0.05, 0.1) is 4.90 Å². The van der Waals surface area contributed by atoms with E-state index >= 15 is 0 Å². The lowest BCUT2D eigenvalue weighted by Crippen LogP contribution is -2.28. The summed E-state index contributed by atoms with van der Waals surface area (Å²) in [5.74, 6) is -0.0559. The Morgan fingerprint density at radius 2 is 2.07 bits per heavy atom. The Kier molecular flexibility index (Phi) is 4.97. The first-order valence-corrected chi connectivity index (χ1v) is 10.8. The van der Waals surface area contributed by atoms with Gasteiger partial charge in [0.25, 0.3) is 0 Å². The molecule has 29 heavy (non-hydrogen) atoms. The fraction of sp³-hybridized carbons (Fsp3) is 0.316. The molecule has 1 aliphatic heterocycles. The average Bonchev–Trinajstić information content (AvgIpc) is 3.26. The number of hydrogen-bond donors (Lipinski definition) is 1. The van der Waals surface area contributed by atoms with Crippen molar-refractivity contribution in [1.82, 2.24) is 18.9 Å². The van der Waals surface area contributed by atoms with Gasteiger partial charge in [0.15, 0.2) is 5.65 Å². The predicted molar refractivity (Wildman–Crippen MR) is 107 cm³/mol. The van der Waals surface area contributed by atoms with Crippen molar-refractivity contribution >= 4 is 27.3 Å². The molecule has 1 N–H and O–H groups in total. The summed E-state index contributed by atoms with van der Waals surface area (Å²) in [5, 5.41) is 4.22. The second-order valence-corrected chi connectivity index (χ2v) is 8.66. The van der Waals surface area contributed by atoms with E-state index in [1.807, 2.05) is 0 Å². The van der Waals surface area contributed by atoms with Crippen LogP contribution < -0.4 is 15.3 Å². The topological polar surface area (TPSA) is 106 Å². The van der Waals surface area contributed by atoms with Gasteiger partial charge in [0, 0.05) is 38.4 Å². The monoisotopic (exact) mass is 415 g/mol. The molecular weight excluding hydrogens is 394 g/mol. The number of carbonyl (C=O) groups is 1. The van der Waals surface area contributed by atoms with Crippen LogP contribution in [0.4, 0.5) is 5.69 Å². The number of nitrogens with zero attached hydrogens (tertiary/aromatic N) is 4. The van der Waals surface area contributed by atoms with Gasteiger partial charge in [-0.05, 0) is 48.7 Å². The van der Waals surface area contributed by atoms with Crippen molar-refractivity contribution in [1.29, 1.82) is 0 Å². The number of hydrogen-bond acceptors (Lipinski definition) is 5. The molecule has 0 spiro atoms. The Labute approximate surface area is 167 Å². The van der Waals surface area contributed by atoms with Crippen molar-refractivity contribution in [2.75, 3.05) is 18.0 Å². The van der Waals surface area contributed by atoms with Gasteiger partial charge in [-0.15, -0.1) is 5.10 Å². The van der Waals surface area contributed by atoms with Gasteiger partial charge in [-0.2, -0.15) is 0 Å². The van der Waals surface area contributed by atoms with Crippen LogP contribution in [0.5, 0.6) is 0 Å². The number of benzene rings is 1. The maximum atomic E-state index is 12.6. The Hall–Kier alpha value is -2.98. The van der Waals surface area contributed by atoms with Crippen LogP contribution in [-0.2, 0) is 27.8 Å². The highest BCUT2D eigenvalue weighted by Gasteiger charge is 2.24. The van der Waals surface area contributed by atoms with E-state index in [2.05, 4.69) is 9.82 Å². The number of nitrogens with one attached hydrogen (secondary N) is 1. The molecule has 0 aliphatic carbocycles. The van der Waals surface area contributed by atoms with Gasteiger partial charge < -0.3 is 4.90 Å². The summed E-state index contributed by atoms with van der Waals surface area (Å²) in [4.78, 5) is 25.7. The number of aromatic nitrogens is 3. The third kappa shape index (κ3) is 3.68. The molecule has 0 unspecified atom stereocenters. The van der Waals surface area contributed by atoms with Crippen LogP contribution in [-0.4, -0.2) is 41.6 Å². The smallest absolute Gasteiger partial charge is 0.312 e. The highest BCUT2D eigenvalue weighted by molar-refractivity contribution is 7.89. The molecular formula is C19H21N5O4S. The van der Waals surface area contributed by atoms with Gasteiger partial charge in [-0.25, -0.2) is 22.6 Å². The van der Waals surface area contributed by atoms with Crippen LogP contribution in [0.3, 0.4) is 0 Å². The van der Waals surface area contributed by atoms with Crippen molar-refractivity contribution in [3.63, 3.8) is 0 Å². The van der Waals surface area contributed by atoms with E-state index in [1.165, 1.54) is 22.1 Å². The Bertz CT molecular complexity index is 1240. The molecule has 9 nitrogen and oxygen atoms in total. The minimum atomic E-state index is -3.68. The van der Waals surface area contributed by atoms with E-state index < -0.39 is 10.0 Å². The van der Waals surface area contributed by atoms with Gasteiger partial charge in [-0.3, -0.25) is 9.20 Å². The summed E-state index contributed by atoms with van der Waals surface area (Å²) in [6.45, 7) is 2.55. The number of sulfonamides is 1. The maximum absolute atomic E-state index is 12.6. The molecule has 0 saturated carbocycles. The molecule has 0 fully saturated rings. The summed E-state index contributed by atoms with van der Waals surface area (Å²) < 4.78 is 30.5. The number of fused-ring (bicyclic) bond motifs is 2. The quantitative estimate of drug-likeness (QED) is 0.599. The molecule has 4 rings (SSSR count). The normalized spacial score (nSPS) is 13.8. The lowest BCUT2D eigenvalue weighted by atomic mass is 10.2. The lowest BCUT2D eigenvalue weighted by Gasteiger charge is -2.15. The van der Waals surface area contributed by atoms with E-state index in [9.17, 15) is 18.0 Å². The van der Waals surface area contributed by atoms with E-state index in [1.54, 1.807) is 41.4 Å². The molecule has 3 aromatic rings. The zero-order valence-corrected chi connectivity index (χ0v) is 16.7. The van der Waals surface area contributed by atoms with Gasteiger partial charge >= 0.3 is 5.69 Å². The molecule has 10 heteroatoms. The van der Waals surface area contributed by atoms with Crippen molar-refractivity contribution in [3.8, 4) is 0 Å². The zero-order chi connectivity index (χ0) is 20.6. The van der Waals surface area contributed by atoms with Crippen LogP contribution in [0.1, 0.15) is 18.9 Å². The molecule has 3 heterocycles. The number of amides is 1. The molecule has 2 aromatic heterocycles. The van der Waals surface area contributed by atoms with Gasteiger partial charge in [0.1, 0.15) is 0 Å². The summed E-state index contributed by atoms with van der Waals surface area (Å²) in [6.07, 6.45) is 2.70.